The van der Waals surface area contributed by atoms with Gasteiger partial charge in [-0.3, -0.25) is 4.79 Å². The van der Waals surface area contributed by atoms with Crippen LogP contribution in [-0.2, 0) is 23.7 Å². The molecule has 0 aromatic carbocycles. The van der Waals surface area contributed by atoms with Gasteiger partial charge < -0.3 is 34.9 Å². The van der Waals surface area contributed by atoms with Crippen molar-refractivity contribution in [3.8, 4) is 0 Å². The van der Waals surface area contributed by atoms with Crippen molar-refractivity contribution < 1.29 is 28.5 Å². The first-order valence-corrected chi connectivity index (χ1v) is 13.0. The van der Waals surface area contributed by atoms with Crippen molar-refractivity contribution >= 4 is 12.0 Å². The second kappa shape index (κ2) is 12.0. The van der Waals surface area contributed by atoms with E-state index in [9.17, 15) is 9.59 Å². The van der Waals surface area contributed by atoms with Gasteiger partial charge in [-0.15, -0.1) is 0 Å². The molecular formula is C26H45N3O6. The molecule has 3 fully saturated rings. The molecule has 3 N–H and O–H groups in total. The molecule has 1 aliphatic heterocycles. The van der Waals surface area contributed by atoms with E-state index < -0.39 is 11.7 Å². The summed E-state index contributed by atoms with van der Waals surface area (Å²) in [4.78, 5) is 24.6. The smallest absolute Gasteiger partial charge is 0.407 e. The van der Waals surface area contributed by atoms with Gasteiger partial charge in [0.15, 0.2) is 0 Å². The van der Waals surface area contributed by atoms with Crippen LogP contribution in [0.3, 0.4) is 0 Å². The van der Waals surface area contributed by atoms with Crippen molar-refractivity contribution in [2.75, 3.05) is 33.9 Å². The summed E-state index contributed by atoms with van der Waals surface area (Å²) >= 11 is 0. The molecule has 0 aromatic rings. The number of alkyl carbamates (subject to hydrolysis) is 1. The first-order chi connectivity index (χ1) is 16.6. The van der Waals surface area contributed by atoms with Crippen LogP contribution < -0.4 is 16.0 Å². The summed E-state index contributed by atoms with van der Waals surface area (Å²) < 4.78 is 24.1. The van der Waals surface area contributed by atoms with Crippen LogP contribution in [0.25, 0.3) is 0 Å². The predicted molar refractivity (Wildman–Crippen MR) is 133 cm³/mol. The maximum Gasteiger partial charge on any atom is 0.407 e. The fourth-order valence-corrected chi connectivity index (χ4v) is 5.75. The zero-order chi connectivity index (χ0) is 25.6. The van der Waals surface area contributed by atoms with E-state index in [-0.39, 0.29) is 41.7 Å². The van der Waals surface area contributed by atoms with Gasteiger partial charge in [0.05, 0.1) is 31.0 Å². The Hall–Kier alpha value is -1.68. The van der Waals surface area contributed by atoms with Crippen LogP contribution in [0.5, 0.6) is 0 Å². The molecule has 2 saturated carbocycles. The van der Waals surface area contributed by atoms with Gasteiger partial charge in [0.1, 0.15) is 12.2 Å². The fraction of sp³-hybridized carbons (Fsp3) is 0.846. The minimum atomic E-state index is -0.516. The number of amides is 2. The number of carbonyl (C=O) groups excluding carboxylic acids is 2. The number of hydrogen-bond acceptors (Lipinski definition) is 7. The van der Waals surface area contributed by atoms with Crippen LogP contribution >= 0.6 is 0 Å². The van der Waals surface area contributed by atoms with Crippen molar-refractivity contribution in [2.24, 2.45) is 5.92 Å². The minimum absolute atomic E-state index is 0.00551. The molecule has 3 rings (SSSR count). The average molecular weight is 496 g/mol. The Bertz CT molecular complexity index is 754. The Morgan fingerprint density at radius 3 is 2.26 bits per heavy atom. The molecule has 1 heterocycles. The van der Waals surface area contributed by atoms with Crippen LogP contribution in [0.1, 0.15) is 66.2 Å². The quantitative estimate of drug-likeness (QED) is 0.316. The predicted octanol–water partition coefficient (Wildman–Crippen LogP) is 2.68. The zero-order valence-corrected chi connectivity index (χ0v) is 22.3. The fourth-order valence-electron chi connectivity index (χ4n) is 5.75. The Balaban J connectivity index is 1.54. The van der Waals surface area contributed by atoms with E-state index in [0.29, 0.717) is 26.2 Å². The summed E-state index contributed by atoms with van der Waals surface area (Å²) in [5.74, 6) is -0.0558. The second-order valence-corrected chi connectivity index (χ2v) is 11.0. The van der Waals surface area contributed by atoms with E-state index in [4.69, 9.17) is 18.9 Å². The molecule has 2 aliphatic carbocycles. The van der Waals surface area contributed by atoms with E-state index in [0.717, 1.165) is 32.1 Å². The highest BCUT2D eigenvalue weighted by molar-refractivity contribution is 5.78. The highest BCUT2D eigenvalue weighted by atomic mass is 16.6. The third-order valence-electron chi connectivity index (χ3n) is 7.61. The van der Waals surface area contributed by atoms with Crippen molar-refractivity contribution in [2.45, 2.75) is 102 Å². The lowest BCUT2D eigenvalue weighted by molar-refractivity contribution is -0.172. The maximum absolute atomic E-state index is 12.8. The largest absolute Gasteiger partial charge is 0.443 e. The van der Waals surface area contributed by atoms with E-state index >= 15 is 0 Å². The summed E-state index contributed by atoms with van der Waals surface area (Å²) in [6.07, 6.45) is 5.75. The van der Waals surface area contributed by atoms with Gasteiger partial charge in [-0.05, 0) is 73.3 Å². The SMILES string of the molecule is CNCC(=O)NC1CCC(NC(=O)OC2CCC3(CO3)C(C(C)(C)OCC=C(C)C)C2OC)CC1. The molecular weight excluding hydrogens is 450 g/mol. The second-order valence-electron chi connectivity index (χ2n) is 11.0. The van der Waals surface area contributed by atoms with E-state index in [2.05, 4.69) is 49.7 Å². The third kappa shape index (κ3) is 7.41. The molecule has 9 nitrogen and oxygen atoms in total. The van der Waals surface area contributed by atoms with Crippen molar-refractivity contribution in [3.05, 3.63) is 11.6 Å². The molecule has 3 aliphatic rings. The van der Waals surface area contributed by atoms with Crippen LogP contribution in [0.2, 0.25) is 0 Å². The summed E-state index contributed by atoms with van der Waals surface area (Å²) in [6, 6.07) is 0.201. The number of carbonyl (C=O) groups is 2. The van der Waals surface area contributed by atoms with E-state index in [1.54, 1.807) is 14.2 Å². The number of rotatable bonds is 10. The van der Waals surface area contributed by atoms with Gasteiger partial charge in [-0.25, -0.2) is 4.79 Å². The Kier molecular flexibility index (Phi) is 9.60. The molecule has 9 heteroatoms. The molecule has 1 saturated heterocycles. The first kappa shape index (κ1) is 27.9. The Labute approximate surface area is 210 Å². The molecule has 2 amide bonds. The summed E-state index contributed by atoms with van der Waals surface area (Å²) in [6.45, 7) is 9.76. The Morgan fingerprint density at radius 2 is 1.71 bits per heavy atom. The molecule has 1 spiro atoms. The lowest BCUT2D eigenvalue weighted by Crippen LogP contribution is -2.59. The number of hydrogen-bond donors (Lipinski definition) is 3. The maximum atomic E-state index is 12.8. The third-order valence-corrected chi connectivity index (χ3v) is 7.61. The molecule has 4 atom stereocenters. The average Bonchev–Trinajstić information content (AvgIpc) is 3.55. The monoisotopic (exact) mass is 495 g/mol. The van der Waals surface area contributed by atoms with Crippen LogP contribution in [0, 0.1) is 5.92 Å². The standard InChI is InChI=1S/C26H45N3O6/c1-17(2)12-14-33-25(3,4)23-22(32-6)20(11-13-26(23)16-34-26)35-24(31)29-19-9-7-18(8-10-19)28-21(30)15-27-5/h12,18-20,22-23,27H,7-11,13-16H2,1-6H3,(H,28,30)(H,29,31). The number of likely N-dealkylation sites (N-methyl/N-ethyl adjacent to an activating group) is 1. The van der Waals surface area contributed by atoms with E-state index in [1.807, 2.05) is 0 Å². The molecule has 35 heavy (non-hydrogen) atoms. The zero-order valence-electron chi connectivity index (χ0n) is 22.3. The number of allylic oxidation sites excluding steroid dienone is 1. The van der Waals surface area contributed by atoms with Crippen LogP contribution in [-0.4, -0.2) is 81.4 Å². The summed E-state index contributed by atoms with van der Waals surface area (Å²) in [7, 11) is 3.42. The molecule has 0 bridgehead atoms. The topological polar surface area (TPSA) is 110 Å². The molecule has 4 unspecified atom stereocenters. The van der Waals surface area contributed by atoms with Gasteiger partial charge in [0.25, 0.3) is 0 Å². The van der Waals surface area contributed by atoms with Gasteiger partial charge in [0, 0.05) is 25.1 Å². The van der Waals surface area contributed by atoms with Crippen LogP contribution in [0.4, 0.5) is 4.79 Å². The normalized spacial score (nSPS) is 32.6. The van der Waals surface area contributed by atoms with Crippen molar-refractivity contribution in [1.29, 1.82) is 0 Å². The van der Waals surface area contributed by atoms with E-state index in [1.165, 1.54) is 5.57 Å². The number of epoxide rings is 1. The van der Waals surface area contributed by atoms with Gasteiger partial charge in [-0.1, -0.05) is 11.6 Å². The van der Waals surface area contributed by atoms with Crippen molar-refractivity contribution in [3.63, 3.8) is 0 Å². The lowest BCUT2D eigenvalue weighted by Gasteiger charge is -2.47. The summed E-state index contributed by atoms with van der Waals surface area (Å²) in [5, 5.41) is 8.93. The highest BCUT2D eigenvalue weighted by Gasteiger charge is 2.64. The lowest BCUT2D eigenvalue weighted by atomic mass is 9.68. The minimum Gasteiger partial charge on any atom is -0.443 e. The molecule has 0 radical (unpaired) electrons. The number of ether oxygens (including phenoxy) is 4. The molecule has 0 aromatic heterocycles. The highest BCUT2D eigenvalue weighted by Crippen LogP contribution is 2.52. The Morgan fingerprint density at radius 1 is 1.09 bits per heavy atom. The molecule has 200 valence electrons. The van der Waals surface area contributed by atoms with Crippen molar-refractivity contribution in [1.82, 2.24) is 16.0 Å². The van der Waals surface area contributed by atoms with Gasteiger partial charge in [0.2, 0.25) is 5.91 Å². The van der Waals surface area contributed by atoms with Crippen LogP contribution in [0.15, 0.2) is 11.6 Å². The number of nitrogens with one attached hydrogen (secondary N) is 3. The first-order valence-electron chi connectivity index (χ1n) is 13.0. The van der Waals surface area contributed by atoms with Gasteiger partial charge >= 0.3 is 6.09 Å². The van der Waals surface area contributed by atoms with Gasteiger partial charge in [-0.2, -0.15) is 0 Å². The summed E-state index contributed by atoms with van der Waals surface area (Å²) in [5.41, 5.74) is 0.414. The number of methoxy groups -OCH3 is 1.